The van der Waals surface area contributed by atoms with Gasteiger partial charge in [-0.25, -0.2) is 9.97 Å². The Hall–Kier alpha value is -2.60. The zero-order valence-electron chi connectivity index (χ0n) is 19.6. The summed E-state index contributed by atoms with van der Waals surface area (Å²) < 4.78 is 10.3. The number of rotatable bonds is 11. The van der Waals surface area contributed by atoms with Crippen LogP contribution in [0.1, 0.15) is 37.7 Å². The van der Waals surface area contributed by atoms with Gasteiger partial charge in [0.2, 0.25) is 5.12 Å². The van der Waals surface area contributed by atoms with E-state index in [1.54, 1.807) is 19.5 Å². The van der Waals surface area contributed by atoms with E-state index in [2.05, 4.69) is 20.2 Å². The molecule has 11 heteroatoms. The molecule has 0 radical (unpaired) electrons. The second-order valence-electron chi connectivity index (χ2n) is 8.13. The molecule has 34 heavy (non-hydrogen) atoms. The van der Waals surface area contributed by atoms with Gasteiger partial charge in [0.15, 0.2) is 0 Å². The molecule has 1 aliphatic heterocycles. The van der Waals surface area contributed by atoms with Crippen molar-refractivity contribution in [1.82, 2.24) is 9.97 Å². The zero-order chi connectivity index (χ0) is 24.7. The van der Waals surface area contributed by atoms with Crippen molar-refractivity contribution >= 4 is 34.8 Å². The van der Waals surface area contributed by atoms with Crippen molar-refractivity contribution in [3.05, 3.63) is 36.2 Å². The average molecular weight is 493 g/mol. The molecule has 1 aromatic heterocycles. The molecule has 1 aliphatic rings. The highest BCUT2D eigenvalue weighted by atomic mass is 32.2. The highest BCUT2D eigenvalue weighted by Gasteiger charge is 2.36. The van der Waals surface area contributed by atoms with Crippen LogP contribution in [0.3, 0.4) is 0 Å². The third kappa shape index (κ3) is 6.72. The minimum atomic E-state index is -1.77. The molecule has 0 saturated carbocycles. The largest absolute Gasteiger partial charge is 0.481 e. The fraction of sp³-hybridized carbons (Fsp3) is 0.522. The summed E-state index contributed by atoms with van der Waals surface area (Å²) in [6.07, 6.45) is 4.16. The van der Waals surface area contributed by atoms with Crippen LogP contribution in [-0.2, 0) is 9.53 Å². The first-order valence-electron chi connectivity index (χ1n) is 11.1. The summed E-state index contributed by atoms with van der Waals surface area (Å²) in [4.78, 5) is 21.9. The molecule has 2 atom stereocenters. The van der Waals surface area contributed by atoms with Gasteiger partial charge < -0.3 is 35.0 Å². The van der Waals surface area contributed by atoms with E-state index in [4.69, 9.17) is 9.47 Å². The molecule has 2 unspecified atom stereocenters. The van der Waals surface area contributed by atoms with E-state index in [9.17, 15) is 20.1 Å². The first-order valence-corrected chi connectivity index (χ1v) is 12.1. The molecule has 1 aromatic carbocycles. The number of carbonyl (C=O) groups is 1. The van der Waals surface area contributed by atoms with E-state index in [0.29, 0.717) is 18.0 Å². The van der Waals surface area contributed by atoms with Crippen molar-refractivity contribution < 1.29 is 29.6 Å². The Labute approximate surface area is 203 Å². The first-order chi connectivity index (χ1) is 16.3. The van der Waals surface area contributed by atoms with Crippen molar-refractivity contribution in [3.63, 3.8) is 0 Å². The van der Waals surface area contributed by atoms with Crippen molar-refractivity contribution in [1.29, 1.82) is 0 Å². The second kappa shape index (κ2) is 11.7. The number of aromatic nitrogens is 2. The third-order valence-electron chi connectivity index (χ3n) is 5.75. The zero-order valence-corrected chi connectivity index (χ0v) is 20.4. The minimum Gasteiger partial charge on any atom is -0.481 e. The number of anilines is 3. The molecule has 4 N–H and O–H groups in total. The Balaban J connectivity index is 2.01. The van der Waals surface area contributed by atoms with Gasteiger partial charge in [0.05, 0.1) is 49.6 Å². The Morgan fingerprint density at radius 2 is 2.06 bits per heavy atom. The lowest BCUT2D eigenvalue weighted by molar-refractivity contribution is -0.137. The van der Waals surface area contributed by atoms with Crippen LogP contribution in [0.5, 0.6) is 6.01 Å². The quantitative estimate of drug-likeness (QED) is 0.345. The third-order valence-corrected chi connectivity index (χ3v) is 6.82. The molecule has 1 fully saturated rings. The highest BCUT2D eigenvalue weighted by Crippen LogP contribution is 2.39. The first kappa shape index (κ1) is 26.0. The number of hydrogen-bond donors (Lipinski definition) is 4. The maximum Gasteiger partial charge on any atom is 0.316 e. The van der Waals surface area contributed by atoms with Crippen molar-refractivity contribution in [2.75, 3.05) is 43.3 Å². The summed E-state index contributed by atoms with van der Waals surface area (Å²) >= 11 is 1.15. The number of carboxylic acid groups (broad SMARTS) is 1. The number of nitrogens with one attached hydrogen (secondary N) is 1. The number of ether oxygens (including phenoxy) is 2. The lowest BCUT2D eigenvalue weighted by Crippen LogP contribution is -2.45. The van der Waals surface area contributed by atoms with Gasteiger partial charge in [-0.1, -0.05) is 17.8 Å². The number of benzene rings is 1. The van der Waals surface area contributed by atoms with E-state index in [-0.39, 0.29) is 37.4 Å². The van der Waals surface area contributed by atoms with Crippen molar-refractivity contribution in [3.8, 4) is 6.01 Å². The van der Waals surface area contributed by atoms with Gasteiger partial charge in [0.1, 0.15) is 0 Å². The number of aliphatic hydroxyl groups is 2. The monoisotopic (exact) mass is 492 g/mol. The normalized spacial score (nSPS) is 18.2. The fourth-order valence-corrected chi connectivity index (χ4v) is 5.23. The van der Waals surface area contributed by atoms with Crippen LogP contribution in [0.25, 0.3) is 0 Å². The number of thioether (sulfide) groups is 1. The Morgan fingerprint density at radius 1 is 1.32 bits per heavy atom. The summed E-state index contributed by atoms with van der Waals surface area (Å²) in [5.74, 6) is -0.593. The number of hydrogen-bond acceptors (Lipinski definition) is 10. The van der Waals surface area contributed by atoms with Gasteiger partial charge in [0.25, 0.3) is 0 Å². The summed E-state index contributed by atoms with van der Waals surface area (Å²) in [6.45, 7) is 2.94. The maximum absolute atomic E-state index is 11.4. The van der Waals surface area contributed by atoms with Gasteiger partial charge in [-0.05, 0) is 31.0 Å². The van der Waals surface area contributed by atoms with Gasteiger partial charge >= 0.3 is 12.0 Å². The smallest absolute Gasteiger partial charge is 0.316 e. The summed E-state index contributed by atoms with van der Waals surface area (Å²) in [5, 5.41) is 31.4. The molecule has 10 nitrogen and oxygen atoms in total. The Morgan fingerprint density at radius 3 is 2.65 bits per heavy atom. The molecular weight excluding hydrogens is 460 g/mol. The molecule has 0 bridgehead atoms. The van der Waals surface area contributed by atoms with Crippen molar-refractivity contribution in [2.45, 2.75) is 43.3 Å². The number of nitrogens with zero attached hydrogens (tertiary/aromatic N) is 3. The fourth-order valence-electron chi connectivity index (χ4n) is 4.20. The molecule has 0 aliphatic carbocycles. The van der Waals surface area contributed by atoms with Crippen LogP contribution in [-0.4, -0.2) is 75.5 Å². The van der Waals surface area contributed by atoms with Gasteiger partial charge in [-0.3, -0.25) is 4.79 Å². The van der Waals surface area contributed by atoms with Crippen molar-refractivity contribution in [2.24, 2.45) is 0 Å². The van der Waals surface area contributed by atoms with Gasteiger partial charge in [-0.15, -0.1) is 0 Å². The summed E-state index contributed by atoms with van der Waals surface area (Å²) in [5.41, 5.74) is 3.05. The van der Waals surface area contributed by atoms with Crippen LogP contribution in [0, 0.1) is 0 Å². The lowest BCUT2D eigenvalue weighted by Gasteiger charge is -2.40. The highest BCUT2D eigenvalue weighted by molar-refractivity contribution is 8.00. The molecule has 2 aromatic rings. The topological polar surface area (TPSA) is 137 Å². The molecule has 0 amide bonds. The SMILES string of the molecule is CCN(c1ccc(C(COC)CC(=O)O)cc1Nc1cnc(OC)nc1)C1CCSC(O)(O)C1. The number of aliphatic carboxylic acids is 1. The van der Waals surface area contributed by atoms with E-state index < -0.39 is 11.1 Å². The van der Waals surface area contributed by atoms with Crippen LogP contribution in [0.4, 0.5) is 17.1 Å². The second-order valence-corrected chi connectivity index (χ2v) is 9.49. The standard InChI is InChI=1S/C23H32N4O6S/c1-4-27(18-7-8-34-23(30,31)11-18)20-6-5-15(16(14-32-2)10-21(28)29)9-19(20)26-17-12-24-22(33-3)25-13-17/h5-6,9,12-13,16,18,26,30-31H,4,7-8,10-11,14H2,1-3H3,(H,28,29). The summed E-state index contributed by atoms with van der Waals surface area (Å²) in [6, 6.07) is 5.93. The average Bonchev–Trinajstić information content (AvgIpc) is 2.80. The maximum atomic E-state index is 11.4. The summed E-state index contributed by atoms with van der Waals surface area (Å²) in [7, 11) is 3.04. The predicted octanol–water partition coefficient (Wildman–Crippen LogP) is 2.79. The van der Waals surface area contributed by atoms with Gasteiger partial charge in [0, 0.05) is 37.8 Å². The number of carboxylic acids is 1. The minimum absolute atomic E-state index is 0.0623. The Kier molecular flexibility index (Phi) is 8.95. The van der Waals surface area contributed by atoms with Crippen LogP contribution < -0.4 is 15.0 Å². The molecule has 2 heterocycles. The predicted molar refractivity (Wildman–Crippen MR) is 131 cm³/mol. The van der Waals surface area contributed by atoms with Crippen LogP contribution in [0.15, 0.2) is 30.6 Å². The molecule has 0 spiro atoms. The Bertz CT molecular complexity index is 959. The van der Waals surface area contributed by atoms with E-state index >= 15 is 0 Å². The van der Waals surface area contributed by atoms with Gasteiger partial charge in [-0.2, -0.15) is 0 Å². The van der Waals surface area contributed by atoms with E-state index in [1.807, 2.05) is 25.1 Å². The van der Waals surface area contributed by atoms with Crippen LogP contribution in [0.2, 0.25) is 0 Å². The lowest BCUT2D eigenvalue weighted by atomic mass is 9.95. The van der Waals surface area contributed by atoms with E-state index in [1.165, 1.54) is 7.11 Å². The molecule has 186 valence electrons. The molecule has 3 rings (SSSR count). The molecular formula is C23H32N4O6S. The number of methoxy groups -OCH3 is 2. The van der Waals surface area contributed by atoms with E-state index in [0.717, 1.165) is 35.1 Å². The van der Waals surface area contributed by atoms with Crippen LogP contribution >= 0.6 is 11.8 Å². The molecule has 1 saturated heterocycles.